The van der Waals surface area contributed by atoms with Gasteiger partial charge in [0.2, 0.25) is 0 Å². The van der Waals surface area contributed by atoms with Crippen molar-refractivity contribution in [3.05, 3.63) is 28.2 Å². The van der Waals surface area contributed by atoms with E-state index in [1.807, 2.05) is 0 Å². The van der Waals surface area contributed by atoms with Gasteiger partial charge in [0, 0.05) is 16.6 Å². The van der Waals surface area contributed by atoms with Crippen LogP contribution in [0.2, 0.25) is 0 Å². The predicted octanol–water partition coefficient (Wildman–Crippen LogP) is 5.11. The zero-order valence-electron chi connectivity index (χ0n) is 10.5. The highest BCUT2D eigenvalue weighted by Gasteiger charge is 2.25. The molecule has 2 atom stereocenters. The summed E-state index contributed by atoms with van der Waals surface area (Å²) in [5.74, 6) is -0.502. The third-order valence-corrected chi connectivity index (χ3v) is 4.40. The average Bonchev–Trinajstić information content (AvgIpc) is 2.34. The Bertz CT molecular complexity index is 399. The molecule has 0 aromatic heterocycles. The van der Waals surface area contributed by atoms with Crippen LogP contribution in [0.15, 0.2) is 16.6 Å². The molecule has 1 aliphatic carbocycles. The molecule has 18 heavy (non-hydrogen) atoms. The average molecular weight is 318 g/mol. The molecule has 1 fully saturated rings. The van der Waals surface area contributed by atoms with Crippen LogP contribution in [0.5, 0.6) is 0 Å². The van der Waals surface area contributed by atoms with Gasteiger partial charge in [0.15, 0.2) is 0 Å². The topological polar surface area (TPSA) is 12.0 Å². The van der Waals surface area contributed by atoms with E-state index in [0.29, 0.717) is 22.1 Å². The molecule has 0 spiro atoms. The minimum absolute atomic E-state index is 0.292. The second kappa shape index (κ2) is 6.00. The van der Waals surface area contributed by atoms with E-state index in [4.69, 9.17) is 0 Å². The summed E-state index contributed by atoms with van der Waals surface area (Å²) in [5.41, 5.74) is 0.391. The number of nitrogens with one attached hydrogen (secondary N) is 1. The van der Waals surface area contributed by atoms with Crippen molar-refractivity contribution in [3.8, 4) is 0 Å². The quantitative estimate of drug-likeness (QED) is 0.817. The number of halogens is 3. The standard InChI is InChI=1S/C14H18BrF2N/c1-2-9-5-3-4-6-13(9)18-14-11(15)7-10(16)8-12(14)17/h7-9,13,18H,2-6H2,1H3. The van der Waals surface area contributed by atoms with Crippen LogP contribution >= 0.6 is 15.9 Å². The summed E-state index contributed by atoms with van der Waals surface area (Å²) in [5, 5.41) is 3.26. The first-order chi connectivity index (χ1) is 8.61. The van der Waals surface area contributed by atoms with Crippen LogP contribution in [-0.4, -0.2) is 6.04 Å². The molecule has 1 N–H and O–H groups in total. The molecule has 0 saturated heterocycles. The van der Waals surface area contributed by atoms with Crippen LogP contribution in [0.25, 0.3) is 0 Å². The van der Waals surface area contributed by atoms with Crippen LogP contribution in [0.1, 0.15) is 39.0 Å². The van der Waals surface area contributed by atoms with Gasteiger partial charge in [-0.25, -0.2) is 8.78 Å². The second-order valence-electron chi connectivity index (χ2n) is 4.95. The summed E-state index contributed by atoms with van der Waals surface area (Å²) in [6.45, 7) is 2.17. The Balaban J connectivity index is 2.17. The van der Waals surface area contributed by atoms with Crippen LogP contribution in [-0.2, 0) is 0 Å². The first kappa shape index (κ1) is 13.8. The monoisotopic (exact) mass is 317 g/mol. The van der Waals surface area contributed by atoms with E-state index in [2.05, 4.69) is 28.2 Å². The molecule has 2 unspecified atom stereocenters. The summed E-state index contributed by atoms with van der Waals surface area (Å²) in [6.07, 6.45) is 5.77. The van der Waals surface area contributed by atoms with Gasteiger partial charge in [-0.1, -0.05) is 26.2 Å². The largest absolute Gasteiger partial charge is 0.379 e. The minimum atomic E-state index is -0.555. The number of hydrogen-bond donors (Lipinski definition) is 1. The minimum Gasteiger partial charge on any atom is -0.379 e. The van der Waals surface area contributed by atoms with Gasteiger partial charge in [-0.3, -0.25) is 0 Å². The van der Waals surface area contributed by atoms with Crippen molar-refractivity contribution in [2.24, 2.45) is 5.92 Å². The molecule has 1 saturated carbocycles. The Morgan fingerprint density at radius 3 is 2.67 bits per heavy atom. The van der Waals surface area contributed by atoms with E-state index >= 15 is 0 Å². The van der Waals surface area contributed by atoms with Gasteiger partial charge in [0.25, 0.3) is 0 Å². The zero-order valence-corrected chi connectivity index (χ0v) is 12.1. The fraction of sp³-hybridized carbons (Fsp3) is 0.571. The van der Waals surface area contributed by atoms with Gasteiger partial charge >= 0.3 is 0 Å². The van der Waals surface area contributed by atoms with Crippen molar-refractivity contribution in [2.45, 2.75) is 45.1 Å². The Morgan fingerprint density at radius 1 is 1.28 bits per heavy atom. The number of benzene rings is 1. The van der Waals surface area contributed by atoms with Crippen molar-refractivity contribution in [1.82, 2.24) is 0 Å². The van der Waals surface area contributed by atoms with Crippen molar-refractivity contribution in [3.63, 3.8) is 0 Å². The van der Waals surface area contributed by atoms with Crippen molar-refractivity contribution in [2.75, 3.05) is 5.32 Å². The van der Waals surface area contributed by atoms with Gasteiger partial charge in [-0.05, 0) is 40.8 Å². The Hall–Kier alpha value is -0.640. The van der Waals surface area contributed by atoms with Crippen molar-refractivity contribution in [1.29, 1.82) is 0 Å². The molecule has 1 aromatic carbocycles. The van der Waals surface area contributed by atoms with Crippen LogP contribution in [0, 0.1) is 17.6 Å². The molecule has 2 rings (SSSR count). The van der Waals surface area contributed by atoms with Crippen LogP contribution in [0.3, 0.4) is 0 Å². The van der Waals surface area contributed by atoms with Gasteiger partial charge in [-0.2, -0.15) is 0 Å². The first-order valence-corrected chi connectivity index (χ1v) is 7.32. The number of hydrogen-bond acceptors (Lipinski definition) is 1. The summed E-state index contributed by atoms with van der Waals surface area (Å²) in [7, 11) is 0. The molecule has 1 aliphatic rings. The normalized spacial score (nSPS) is 24.0. The molecule has 1 nitrogen and oxygen atoms in total. The van der Waals surface area contributed by atoms with Gasteiger partial charge < -0.3 is 5.32 Å². The fourth-order valence-corrected chi connectivity index (χ4v) is 3.27. The first-order valence-electron chi connectivity index (χ1n) is 6.53. The third kappa shape index (κ3) is 3.02. The lowest BCUT2D eigenvalue weighted by atomic mass is 9.83. The van der Waals surface area contributed by atoms with E-state index in [1.165, 1.54) is 25.3 Å². The summed E-state index contributed by atoms with van der Waals surface area (Å²) < 4.78 is 27.3. The lowest BCUT2D eigenvalue weighted by Gasteiger charge is -2.32. The van der Waals surface area contributed by atoms with E-state index in [9.17, 15) is 8.78 Å². The van der Waals surface area contributed by atoms with Crippen molar-refractivity contribution < 1.29 is 8.78 Å². The van der Waals surface area contributed by atoms with Crippen LogP contribution in [0.4, 0.5) is 14.5 Å². The summed E-state index contributed by atoms with van der Waals surface area (Å²) in [6, 6.07) is 2.52. The van der Waals surface area contributed by atoms with Crippen molar-refractivity contribution >= 4 is 21.6 Å². The van der Waals surface area contributed by atoms with E-state index in [-0.39, 0.29) is 0 Å². The lowest BCUT2D eigenvalue weighted by Crippen LogP contribution is -2.32. The SMILES string of the molecule is CCC1CCCCC1Nc1c(F)cc(F)cc1Br. The summed E-state index contributed by atoms with van der Waals surface area (Å²) >= 11 is 3.22. The molecule has 4 heteroatoms. The molecule has 0 heterocycles. The number of rotatable bonds is 3. The number of anilines is 1. The molecular weight excluding hydrogens is 300 g/mol. The molecule has 100 valence electrons. The maximum atomic E-state index is 13.8. The third-order valence-electron chi connectivity index (χ3n) is 3.77. The Labute approximate surface area is 115 Å². The molecule has 0 radical (unpaired) electrons. The van der Waals surface area contributed by atoms with Gasteiger partial charge in [0.05, 0.1) is 5.69 Å². The highest BCUT2D eigenvalue weighted by molar-refractivity contribution is 9.10. The maximum absolute atomic E-state index is 13.8. The predicted molar refractivity (Wildman–Crippen MR) is 73.7 cm³/mol. The highest BCUT2D eigenvalue weighted by atomic mass is 79.9. The molecule has 0 amide bonds. The van der Waals surface area contributed by atoms with E-state index in [1.54, 1.807) is 0 Å². The second-order valence-corrected chi connectivity index (χ2v) is 5.80. The summed E-state index contributed by atoms with van der Waals surface area (Å²) in [4.78, 5) is 0. The lowest BCUT2D eigenvalue weighted by molar-refractivity contribution is 0.316. The Morgan fingerprint density at radius 2 is 2.00 bits per heavy atom. The molecule has 0 bridgehead atoms. The highest BCUT2D eigenvalue weighted by Crippen LogP contribution is 2.33. The fourth-order valence-electron chi connectivity index (χ4n) is 2.75. The van der Waals surface area contributed by atoms with E-state index in [0.717, 1.165) is 18.9 Å². The smallest absolute Gasteiger partial charge is 0.150 e. The maximum Gasteiger partial charge on any atom is 0.150 e. The van der Waals surface area contributed by atoms with Crippen LogP contribution < -0.4 is 5.32 Å². The van der Waals surface area contributed by atoms with E-state index < -0.39 is 11.6 Å². The zero-order chi connectivity index (χ0) is 13.1. The molecule has 0 aliphatic heterocycles. The molecule has 1 aromatic rings. The van der Waals surface area contributed by atoms with Gasteiger partial charge in [-0.15, -0.1) is 0 Å². The molecular formula is C14H18BrF2N. The Kier molecular flexibility index (Phi) is 4.60. The van der Waals surface area contributed by atoms with Gasteiger partial charge in [0.1, 0.15) is 11.6 Å².